The summed E-state index contributed by atoms with van der Waals surface area (Å²) in [4.78, 5) is 59.9. The van der Waals surface area contributed by atoms with Crippen LogP contribution in [0.25, 0.3) is 0 Å². The maximum absolute atomic E-state index is 13.5. The lowest BCUT2D eigenvalue weighted by Crippen LogP contribution is -2.56. The van der Waals surface area contributed by atoms with Crippen molar-refractivity contribution in [2.75, 3.05) is 12.4 Å². The van der Waals surface area contributed by atoms with Gasteiger partial charge in [0.2, 0.25) is 12.0 Å². The van der Waals surface area contributed by atoms with E-state index in [2.05, 4.69) is 22.0 Å². The second-order valence-corrected chi connectivity index (χ2v) is 12.1. The van der Waals surface area contributed by atoms with Crippen LogP contribution in [-0.2, 0) is 33.4 Å². The highest BCUT2D eigenvalue weighted by atomic mass is 32.2. The lowest BCUT2D eigenvalue weighted by Gasteiger charge is -2.42. The molecule has 0 aliphatic carbocycles. The number of oxime groups is 1. The molecule has 1 saturated heterocycles. The minimum absolute atomic E-state index is 0.216. The van der Waals surface area contributed by atoms with Gasteiger partial charge in [0.15, 0.2) is 0 Å². The van der Waals surface area contributed by atoms with Gasteiger partial charge in [-0.25, -0.2) is 4.79 Å². The first-order chi connectivity index (χ1) is 21.3. The summed E-state index contributed by atoms with van der Waals surface area (Å²) < 4.78 is 28.0. The Morgan fingerprint density at radius 2 is 1.89 bits per heavy atom. The first kappa shape index (κ1) is 35.8. The number of ether oxygens (including phenoxy) is 4. The Hall–Kier alpha value is -3.65. The number of carbonyl (C=O) groups is 3. The number of esters is 2. The van der Waals surface area contributed by atoms with Gasteiger partial charge in [0, 0.05) is 31.6 Å². The Labute approximate surface area is 267 Å². The van der Waals surface area contributed by atoms with Crippen LogP contribution >= 0.6 is 11.8 Å². The lowest BCUT2D eigenvalue weighted by molar-refractivity contribution is -0.290. The van der Waals surface area contributed by atoms with E-state index in [1.165, 1.54) is 31.7 Å². The second kappa shape index (κ2) is 16.1. The zero-order chi connectivity index (χ0) is 33.3. The molecule has 1 aromatic heterocycles. The van der Waals surface area contributed by atoms with Crippen LogP contribution in [0.3, 0.4) is 0 Å². The van der Waals surface area contributed by atoms with Crippen molar-refractivity contribution >= 4 is 40.4 Å². The third-order valence-corrected chi connectivity index (χ3v) is 8.67. The maximum atomic E-state index is 13.5. The molecule has 3 rings (SSSR count). The number of hydrogen-bond acceptors (Lipinski definition) is 13. The van der Waals surface area contributed by atoms with E-state index in [1.54, 1.807) is 26.0 Å². The Kier molecular flexibility index (Phi) is 12.8. The van der Waals surface area contributed by atoms with Crippen LogP contribution in [0.5, 0.6) is 5.75 Å². The number of thioether (sulfide) groups is 1. The normalized spacial score (nSPS) is 27.1. The SMILES string of the molecule is C=CCOc1cc([C@@H](CCC)NC(=O)C2(C)CSC(/C(C)=N/O[C@H]3O[C@H](CC)[C@@H](C)[C@H](OC(C)=O)[C@H]3OC(C)=O)=N2)oc(=O)c1. The van der Waals surface area contributed by atoms with Gasteiger partial charge in [-0.1, -0.05) is 45.0 Å². The van der Waals surface area contributed by atoms with Crippen molar-refractivity contribution in [1.29, 1.82) is 0 Å². The highest BCUT2D eigenvalue weighted by Gasteiger charge is 2.49. The number of carbonyl (C=O) groups excluding carboxylic acids is 3. The largest absolute Gasteiger partial charge is 0.489 e. The first-order valence-electron chi connectivity index (χ1n) is 14.9. The molecule has 7 atom stereocenters. The zero-order valence-electron chi connectivity index (χ0n) is 26.8. The molecule has 0 radical (unpaired) electrons. The number of nitrogens with zero attached hydrogens (tertiary/aromatic N) is 2. The van der Waals surface area contributed by atoms with Gasteiger partial charge in [0.25, 0.3) is 6.29 Å². The highest BCUT2D eigenvalue weighted by Crippen LogP contribution is 2.34. The first-order valence-corrected chi connectivity index (χ1v) is 15.9. The van der Waals surface area contributed by atoms with Crippen molar-refractivity contribution in [3.05, 3.63) is 41.0 Å². The van der Waals surface area contributed by atoms with E-state index in [1.807, 2.05) is 20.8 Å². The molecule has 1 aromatic rings. The predicted molar refractivity (Wildman–Crippen MR) is 168 cm³/mol. The second-order valence-electron chi connectivity index (χ2n) is 11.1. The maximum Gasteiger partial charge on any atom is 0.339 e. The van der Waals surface area contributed by atoms with Gasteiger partial charge in [0.05, 0.1) is 18.2 Å². The van der Waals surface area contributed by atoms with E-state index < -0.39 is 47.6 Å². The Morgan fingerprint density at radius 1 is 1.20 bits per heavy atom. The van der Waals surface area contributed by atoms with Gasteiger partial charge in [-0.3, -0.25) is 19.4 Å². The lowest BCUT2D eigenvalue weighted by atomic mass is 9.89. The van der Waals surface area contributed by atoms with Gasteiger partial charge >= 0.3 is 17.6 Å². The van der Waals surface area contributed by atoms with Crippen LogP contribution < -0.4 is 15.7 Å². The minimum Gasteiger partial charge on any atom is -0.489 e. The molecule has 0 spiro atoms. The van der Waals surface area contributed by atoms with Crippen LogP contribution in [-0.4, -0.2) is 71.1 Å². The summed E-state index contributed by atoms with van der Waals surface area (Å²) >= 11 is 1.33. The van der Waals surface area contributed by atoms with Crippen LogP contribution in [0.2, 0.25) is 0 Å². The third kappa shape index (κ3) is 9.42. The highest BCUT2D eigenvalue weighted by molar-refractivity contribution is 8.16. The van der Waals surface area contributed by atoms with Gasteiger partial charge in [0.1, 0.15) is 40.5 Å². The molecule has 3 heterocycles. The van der Waals surface area contributed by atoms with Gasteiger partial charge < -0.3 is 33.5 Å². The molecule has 13 nitrogen and oxygen atoms in total. The van der Waals surface area contributed by atoms with Crippen LogP contribution in [0.4, 0.5) is 0 Å². The summed E-state index contributed by atoms with van der Waals surface area (Å²) in [7, 11) is 0. The number of nitrogens with one attached hydrogen (secondary N) is 1. The summed E-state index contributed by atoms with van der Waals surface area (Å²) in [6.45, 7) is 15.5. The molecule has 2 aliphatic heterocycles. The van der Waals surface area contributed by atoms with E-state index in [0.29, 0.717) is 41.5 Å². The topological polar surface area (TPSA) is 164 Å². The van der Waals surface area contributed by atoms with E-state index in [0.717, 1.165) is 0 Å². The number of aliphatic imine (C=N–C) groups is 1. The molecule has 0 bridgehead atoms. The molecule has 0 saturated carbocycles. The summed E-state index contributed by atoms with van der Waals surface area (Å²) in [6.07, 6.45) is 0.0452. The van der Waals surface area contributed by atoms with E-state index in [4.69, 9.17) is 28.2 Å². The molecule has 14 heteroatoms. The fourth-order valence-electron chi connectivity index (χ4n) is 5.01. The Bertz CT molecular complexity index is 1360. The number of amides is 1. The molecular weight excluding hydrogens is 606 g/mol. The van der Waals surface area contributed by atoms with Gasteiger partial charge in [-0.05, 0) is 26.7 Å². The molecule has 1 N–H and O–H groups in total. The Balaban J connectivity index is 1.79. The smallest absolute Gasteiger partial charge is 0.339 e. The number of hydrogen-bond donors (Lipinski definition) is 1. The quantitative estimate of drug-likeness (QED) is 0.134. The molecule has 2 aliphatic rings. The number of rotatable bonds is 14. The van der Waals surface area contributed by atoms with E-state index in [9.17, 15) is 19.2 Å². The van der Waals surface area contributed by atoms with Crippen molar-refractivity contribution in [3.63, 3.8) is 0 Å². The predicted octanol–water partition coefficient (Wildman–Crippen LogP) is 4.09. The minimum atomic E-state index is -1.15. The third-order valence-electron chi connectivity index (χ3n) is 7.30. The van der Waals surface area contributed by atoms with Gasteiger partial charge in [-0.2, -0.15) is 0 Å². The van der Waals surface area contributed by atoms with Crippen LogP contribution in [0, 0.1) is 5.92 Å². The molecule has 45 heavy (non-hydrogen) atoms. The molecule has 1 unspecified atom stereocenters. The standard InChI is InChI=1S/C31H43N3O10S/c1-9-12-22(24-14-21(39-13-10-2)15-25(37)42-24)32-30(38)31(8)16-45-28(33-31)18(5)34-44-29-27(41-20(7)36)26(40-19(6)35)17(4)23(11-3)43-29/h10,14-15,17,22-23,26-27,29H,2,9,11-13,16H2,1,3-8H3,(H,32,38)/b34-18+/t17-,22-,23-,26+,27-,29-,31?/m1/s1. The fourth-order valence-corrected chi connectivity index (χ4v) is 6.14. The Morgan fingerprint density at radius 3 is 2.51 bits per heavy atom. The van der Waals surface area contributed by atoms with Gasteiger partial charge in [-0.15, -0.1) is 11.8 Å². The molecule has 1 amide bonds. The van der Waals surface area contributed by atoms with Crippen molar-refractivity contribution in [3.8, 4) is 5.75 Å². The average molecular weight is 650 g/mol. The van der Waals surface area contributed by atoms with E-state index >= 15 is 0 Å². The molecular formula is C31H43N3O10S. The molecule has 0 aromatic carbocycles. The van der Waals surface area contributed by atoms with Crippen molar-refractivity contribution < 1.29 is 42.6 Å². The van der Waals surface area contributed by atoms with Crippen molar-refractivity contribution in [2.45, 2.75) is 104 Å². The summed E-state index contributed by atoms with van der Waals surface area (Å²) in [5, 5.41) is 7.66. The molecule has 1 fully saturated rings. The van der Waals surface area contributed by atoms with Crippen molar-refractivity contribution in [2.24, 2.45) is 16.1 Å². The van der Waals surface area contributed by atoms with Crippen LogP contribution in [0.15, 0.2) is 44.1 Å². The fraction of sp³-hybridized carbons (Fsp3) is 0.613. The monoisotopic (exact) mass is 649 g/mol. The average Bonchev–Trinajstić information content (AvgIpc) is 3.39. The van der Waals surface area contributed by atoms with Crippen molar-refractivity contribution in [1.82, 2.24) is 5.32 Å². The molecule has 248 valence electrons. The summed E-state index contributed by atoms with van der Waals surface area (Å²) in [6, 6.07) is 2.24. The summed E-state index contributed by atoms with van der Waals surface area (Å²) in [5.74, 6) is -0.810. The van der Waals surface area contributed by atoms with E-state index in [-0.39, 0.29) is 30.3 Å². The zero-order valence-corrected chi connectivity index (χ0v) is 27.6. The van der Waals surface area contributed by atoms with Crippen LogP contribution in [0.1, 0.15) is 79.5 Å². The summed E-state index contributed by atoms with van der Waals surface area (Å²) in [5.41, 5.74) is -1.36.